The summed E-state index contributed by atoms with van der Waals surface area (Å²) in [6, 6.07) is 1.77. The van der Waals surface area contributed by atoms with Crippen molar-refractivity contribution >= 4 is 29.2 Å². The Kier molecular flexibility index (Phi) is 4.66. The molecule has 1 aromatic rings. The van der Waals surface area contributed by atoms with Crippen molar-refractivity contribution in [3.05, 3.63) is 11.2 Å². The molecule has 18 heavy (non-hydrogen) atoms. The maximum Gasteiger partial charge on any atom is 0.190 e. The topological polar surface area (TPSA) is 47.5 Å². The number of thioether (sulfide) groups is 1. The third-order valence-corrected chi connectivity index (χ3v) is 3.73. The van der Waals surface area contributed by atoms with Crippen LogP contribution in [0.15, 0.2) is 11.2 Å². The Morgan fingerprint density at radius 2 is 1.89 bits per heavy atom. The molecule has 1 aliphatic rings. The Hall–Kier alpha value is -0.560. The van der Waals surface area contributed by atoms with E-state index in [1.807, 2.05) is 6.26 Å². The molecule has 0 bridgehead atoms. The molecule has 2 heterocycles. The summed E-state index contributed by atoms with van der Waals surface area (Å²) in [7, 11) is 3.39. The highest BCUT2D eigenvalue weighted by Crippen LogP contribution is 2.25. The molecule has 2 unspecified atom stereocenters. The molecule has 0 aliphatic carbocycles. The fourth-order valence-electron chi connectivity index (χ4n) is 2.02. The lowest BCUT2D eigenvalue weighted by Gasteiger charge is -2.17. The summed E-state index contributed by atoms with van der Waals surface area (Å²) < 4.78 is 10.8. The lowest BCUT2D eigenvalue weighted by atomic mass is 10.3. The number of halogens is 1. The maximum atomic E-state index is 5.99. The molecule has 0 aromatic carbocycles. The van der Waals surface area contributed by atoms with Gasteiger partial charge in [-0.3, -0.25) is 0 Å². The number of nitrogens with zero attached hydrogens (tertiary/aromatic N) is 3. The van der Waals surface area contributed by atoms with Gasteiger partial charge in [0.25, 0.3) is 0 Å². The van der Waals surface area contributed by atoms with Gasteiger partial charge in [-0.1, -0.05) is 23.4 Å². The van der Waals surface area contributed by atoms with Crippen LogP contribution in [0.5, 0.6) is 0 Å². The van der Waals surface area contributed by atoms with E-state index in [4.69, 9.17) is 21.1 Å². The third-order valence-electron chi connectivity index (χ3n) is 2.99. The molecular formula is C11H16ClN3O2S. The first-order valence-electron chi connectivity index (χ1n) is 5.57. The van der Waals surface area contributed by atoms with Crippen molar-refractivity contribution in [2.45, 2.75) is 17.4 Å². The molecule has 0 N–H and O–H groups in total. The second kappa shape index (κ2) is 6.06. The molecule has 7 heteroatoms. The second-order valence-electron chi connectivity index (χ2n) is 3.99. The number of rotatable bonds is 4. The molecule has 0 amide bonds. The van der Waals surface area contributed by atoms with Crippen molar-refractivity contribution in [2.24, 2.45) is 0 Å². The lowest BCUT2D eigenvalue weighted by Crippen LogP contribution is -2.27. The van der Waals surface area contributed by atoms with E-state index in [-0.39, 0.29) is 12.2 Å². The van der Waals surface area contributed by atoms with Gasteiger partial charge in [0.15, 0.2) is 5.16 Å². The zero-order chi connectivity index (χ0) is 13.1. The summed E-state index contributed by atoms with van der Waals surface area (Å²) in [6.07, 6.45) is 2.04. The van der Waals surface area contributed by atoms with Gasteiger partial charge in [-0.15, -0.1) is 0 Å². The van der Waals surface area contributed by atoms with Crippen molar-refractivity contribution in [1.29, 1.82) is 0 Å². The molecule has 1 aliphatic heterocycles. The van der Waals surface area contributed by atoms with E-state index in [9.17, 15) is 0 Å². The number of anilines is 1. The van der Waals surface area contributed by atoms with Crippen molar-refractivity contribution in [1.82, 2.24) is 9.97 Å². The molecule has 1 fully saturated rings. The van der Waals surface area contributed by atoms with E-state index in [0.717, 1.165) is 18.9 Å². The average Bonchev–Trinajstić information content (AvgIpc) is 2.81. The largest absolute Gasteiger partial charge is 0.377 e. The molecule has 2 atom stereocenters. The second-order valence-corrected chi connectivity index (χ2v) is 5.15. The molecule has 2 rings (SSSR count). The first-order chi connectivity index (χ1) is 8.67. The Balaban J connectivity index is 2.20. The zero-order valence-corrected chi connectivity index (χ0v) is 12.2. The Morgan fingerprint density at radius 3 is 2.39 bits per heavy atom. The molecule has 100 valence electrons. The van der Waals surface area contributed by atoms with Crippen LogP contribution in [-0.4, -0.2) is 55.7 Å². The van der Waals surface area contributed by atoms with Gasteiger partial charge >= 0.3 is 0 Å². The number of ether oxygens (including phenoxy) is 2. The van der Waals surface area contributed by atoms with Crippen LogP contribution < -0.4 is 4.90 Å². The van der Waals surface area contributed by atoms with Gasteiger partial charge in [-0.25, -0.2) is 9.97 Å². The van der Waals surface area contributed by atoms with Crippen LogP contribution in [0.1, 0.15) is 0 Å². The highest BCUT2D eigenvalue weighted by Gasteiger charge is 2.33. The molecule has 5 nitrogen and oxygen atoms in total. The van der Waals surface area contributed by atoms with E-state index in [0.29, 0.717) is 10.3 Å². The monoisotopic (exact) mass is 289 g/mol. The first-order valence-corrected chi connectivity index (χ1v) is 7.17. The predicted octanol–water partition coefficient (Wildman–Crippen LogP) is 1.70. The first kappa shape index (κ1) is 13.9. The van der Waals surface area contributed by atoms with E-state index in [1.165, 1.54) is 11.8 Å². The van der Waals surface area contributed by atoms with Gasteiger partial charge in [0.1, 0.15) is 23.2 Å². The van der Waals surface area contributed by atoms with Crippen LogP contribution in [0, 0.1) is 0 Å². The van der Waals surface area contributed by atoms with Crippen LogP contribution >= 0.6 is 23.4 Å². The van der Waals surface area contributed by atoms with Gasteiger partial charge in [0.2, 0.25) is 0 Å². The predicted molar refractivity (Wildman–Crippen MR) is 72.6 cm³/mol. The van der Waals surface area contributed by atoms with Crippen LogP contribution in [-0.2, 0) is 9.47 Å². The quantitative estimate of drug-likeness (QED) is 0.478. The molecule has 0 saturated carbocycles. The van der Waals surface area contributed by atoms with Crippen molar-refractivity contribution in [3.63, 3.8) is 0 Å². The molecule has 1 aromatic heterocycles. The van der Waals surface area contributed by atoms with E-state index in [1.54, 1.807) is 20.3 Å². The van der Waals surface area contributed by atoms with E-state index < -0.39 is 0 Å². The minimum absolute atomic E-state index is 0.0569. The summed E-state index contributed by atoms with van der Waals surface area (Å²) in [6.45, 7) is 1.49. The van der Waals surface area contributed by atoms with E-state index in [2.05, 4.69) is 14.9 Å². The third kappa shape index (κ3) is 2.88. The fourth-order valence-corrected chi connectivity index (χ4v) is 2.62. The average molecular weight is 290 g/mol. The number of hydrogen-bond acceptors (Lipinski definition) is 6. The van der Waals surface area contributed by atoms with Crippen molar-refractivity contribution < 1.29 is 9.47 Å². The summed E-state index contributed by atoms with van der Waals surface area (Å²) >= 11 is 7.47. The number of hydrogen-bond donors (Lipinski definition) is 0. The zero-order valence-electron chi connectivity index (χ0n) is 10.6. The number of aromatic nitrogens is 2. The van der Waals surface area contributed by atoms with Crippen LogP contribution in [0.3, 0.4) is 0 Å². The van der Waals surface area contributed by atoms with Gasteiger partial charge < -0.3 is 14.4 Å². The fraction of sp³-hybridized carbons (Fsp3) is 0.636. The van der Waals surface area contributed by atoms with Crippen LogP contribution in [0.25, 0.3) is 0 Å². The van der Waals surface area contributed by atoms with Crippen molar-refractivity contribution in [2.75, 3.05) is 38.5 Å². The molecule has 0 spiro atoms. The van der Waals surface area contributed by atoms with Gasteiger partial charge in [0.05, 0.1) is 0 Å². The summed E-state index contributed by atoms with van der Waals surface area (Å²) in [5.74, 6) is 0.820. The maximum absolute atomic E-state index is 5.99. The minimum atomic E-state index is 0.0569. The van der Waals surface area contributed by atoms with E-state index >= 15 is 0 Å². The summed E-state index contributed by atoms with van der Waals surface area (Å²) in [5, 5.41) is 1.13. The summed E-state index contributed by atoms with van der Waals surface area (Å²) in [5.41, 5.74) is 0. The summed E-state index contributed by atoms with van der Waals surface area (Å²) in [4.78, 5) is 10.7. The highest BCUT2D eigenvalue weighted by atomic mass is 35.5. The number of methoxy groups -OCH3 is 2. The normalized spacial score (nSPS) is 23.7. The lowest BCUT2D eigenvalue weighted by molar-refractivity contribution is -0.00461. The molecular weight excluding hydrogens is 274 g/mol. The Bertz CT molecular complexity index is 409. The van der Waals surface area contributed by atoms with Crippen LogP contribution in [0.2, 0.25) is 5.15 Å². The highest BCUT2D eigenvalue weighted by molar-refractivity contribution is 7.98. The van der Waals surface area contributed by atoms with Gasteiger partial charge in [-0.2, -0.15) is 0 Å². The van der Waals surface area contributed by atoms with Crippen LogP contribution in [0.4, 0.5) is 5.82 Å². The smallest absolute Gasteiger partial charge is 0.190 e. The minimum Gasteiger partial charge on any atom is -0.377 e. The Morgan fingerprint density at radius 1 is 1.28 bits per heavy atom. The van der Waals surface area contributed by atoms with Gasteiger partial charge in [-0.05, 0) is 6.26 Å². The molecule has 1 saturated heterocycles. The van der Waals surface area contributed by atoms with Crippen molar-refractivity contribution in [3.8, 4) is 0 Å². The standard InChI is InChI=1S/C11H16ClN3O2S/c1-16-7-5-15(6-8(7)17-2)10-4-9(12)13-11(14-10)18-3/h4,7-8H,5-6H2,1-3H3. The van der Waals surface area contributed by atoms with Gasteiger partial charge in [0, 0.05) is 33.4 Å². The SMILES string of the molecule is COC1CN(c2cc(Cl)nc(SC)n2)CC1OC. The Labute approximate surface area is 116 Å². The molecule has 0 radical (unpaired) electrons.